The molecule has 4 aromatic rings. The first kappa shape index (κ1) is 26.4. The van der Waals surface area contributed by atoms with Crippen molar-refractivity contribution in [3.63, 3.8) is 0 Å². The van der Waals surface area contributed by atoms with E-state index >= 15 is 0 Å². The number of anilines is 2. The average molecular weight is 525 g/mol. The molecule has 0 aliphatic heterocycles. The Balaban J connectivity index is 1.49. The minimum absolute atomic E-state index is 0.0497. The van der Waals surface area contributed by atoms with E-state index in [1.807, 2.05) is 30.3 Å². The van der Waals surface area contributed by atoms with E-state index in [1.165, 1.54) is 30.8 Å². The zero-order chi connectivity index (χ0) is 27.1. The predicted molar refractivity (Wildman–Crippen MR) is 148 cm³/mol. The molecular formula is C30H24N2O5S. The molecule has 4 rings (SSSR count). The van der Waals surface area contributed by atoms with Gasteiger partial charge in [-0.25, -0.2) is 4.79 Å². The number of carbonyl (C=O) groups excluding carboxylic acids is 3. The zero-order valence-corrected chi connectivity index (χ0v) is 21.2. The third-order valence-corrected chi connectivity index (χ3v) is 6.93. The van der Waals surface area contributed by atoms with Crippen LogP contribution in [0, 0.1) is 0 Å². The van der Waals surface area contributed by atoms with E-state index in [1.54, 1.807) is 60.7 Å². The van der Waals surface area contributed by atoms with Crippen LogP contribution in [0.1, 0.15) is 48.8 Å². The van der Waals surface area contributed by atoms with Gasteiger partial charge >= 0.3 is 5.97 Å². The predicted octanol–water partition coefficient (Wildman–Crippen LogP) is 6.31. The molecule has 0 spiro atoms. The van der Waals surface area contributed by atoms with Gasteiger partial charge in [0, 0.05) is 21.8 Å². The van der Waals surface area contributed by atoms with E-state index in [0.29, 0.717) is 16.9 Å². The van der Waals surface area contributed by atoms with Gasteiger partial charge < -0.3 is 15.7 Å². The highest BCUT2D eigenvalue weighted by Gasteiger charge is 2.22. The molecule has 38 heavy (non-hydrogen) atoms. The lowest BCUT2D eigenvalue weighted by Crippen LogP contribution is -2.19. The van der Waals surface area contributed by atoms with Gasteiger partial charge in [-0.2, -0.15) is 0 Å². The number of carboxylic acids is 1. The van der Waals surface area contributed by atoms with E-state index in [-0.39, 0.29) is 22.8 Å². The van der Waals surface area contributed by atoms with Crippen LogP contribution in [-0.4, -0.2) is 28.7 Å². The Morgan fingerprint density at radius 3 is 1.84 bits per heavy atom. The van der Waals surface area contributed by atoms with Crippen molar-refractivity contribution in [2.24, 2.45) is 0 Å². The number of carbonyl (C=O) groups is 4. The smallest absolute Gasteiger partial charge is 0.336 e. The summed E-state index contributed by atoms with van der Waals surface area (Å²) in [7, 11) is 0. The summed E-state index contributed by atoms with van der Waals surface area (Å²) in [6, 6.07) is 29.1. The van der Waals surface area contributed by atoms with Crippen LogP contribution in [0.2, 0.25) is 0 Å². The van der Waals surface area contributed by atoms with Gasteiger partial charge in [0.15, 0.2) is 5.78 Å². The number of amides is 2. The second kappa shape index (κ2) is 12.0. The van der Waals surface area contributed by atoms with Gasteiger partial charge in [-0.05, 0) is 73.2 Å². The Labute approximate surface area is 223 Å². The lowest BCUT2D eigenvalue weighted by Gasteiger charge is -2.17. The molecule has 0 bridgehead atoms. The van der Waals surface area contributed by atoms with Gasteiger partial charge in [-0.3, -0.25) is 14.4 Å². The monoisotopic (exact) mass is 524 g/mol. The van der Waals surface area contributed by atoms with Gasteiger partial charge in [0.25, 0.3) is 5.91 Å². The molecule has 8 heteroatoms. The maximum absolute atomic E-state index is 13.3. The first-order valence-electron chi connectivity index (χ1n) is 11.7. The lowest BCUT2D eigenvalue weighted by molar-refractivity contribution is -0.115. The van der Waals surface area contributed by atoms with Gasteiger partial charge in [-0.1, -0.05) is 42.5 Å². The summed E-state index contributed by atoms with van der Waals surface area (Å²) >= 11 is 1.35. The van der Waals surface area contributed by atoms with Crippen LogP contribution in [0.15, 0.2) is 108 Å². The molecule has 0 saturated carbocycles. The Kier molecular flexibility index (Phi) is 8.35. The molecule has 0 radical (unpaired) electrons. The molecule has 0 saturated heterocycles. The molecule has 0 fully saturated rings. The molecular weight excluding hydrogens is 500 g/mol. The molecule has 190 valence electrons. The third kappa shape index (κ3) is 6.54. The second-order valence-electron chi connectivity index (χ2n) is 8.36. The number of Topliss-reactive ketones (excluding diaryl/α,β-unsaturated/α-hetero) is 1. The maximum Gasteiger partial charge on any atom is 0.336 e. The number of ketones is 1. The summed E-state index contributed by atoms with van der Waals surface area (Å²) < 4.78 is 0. The molecule has 0 aliphatic rings. The fraction of sp³-hybridized carbons (Fsp3) is 0.0667. The number of benzene rings is 4. The van der Waals surface area contributed by atoms with Crippen LogP contribution in [-0.2, 0) is 4.79 Å². The van der Waals surface area contributed by atoms with E-state index in [4.69, 9.17) is 0 Å². The highest BCUT2D eigenvalue weighted by molar-refractivity contribution is 8.00. The number of hydrogen-bond donors (Lipinski definition) is 3. The van der Waals surface area contributed by atoms with E-state index in [2.05, 4.69) is 10.6 Å². The van der Waals surface area contributed by atoms with Crippen molar-refractivity contribution in [1.82, 2.24) is 0 Å². The van der Waals surface area contributed by atoms with E-state index < -0.39 is 17.1 Å². The largest absolute Gasteiger partial charge is 0.478 e. The quantitative estimate of drug-likeness (QED) is 0.175. The molecule has 0 aliphatic carbocycles. The number of rotatable bonds is 9. The molecule has 0 unspecified atom stereocenters. The van der Waals surface area contributed by atoms with Crippen LogP contribution >= 0.6 is 11.8 Å². The molecule has 7 nitrogen and oxygen atoms in total. The summed E-state index contributed by atoms with van der Waals surface area (Å²) in [4.78, 5) is 49.7. The standard InChI is InChI=1S/C30H24N2O5S/c1-19(33)20-11-13-22(14-12-20)32-29(35)27(21-7-3-2-4-8-21)38-24-17-15-23(16-18-24)31-28(34)25-9-5-6-10-26(25)30(36)37/h2-18,27H,1H3,(H,31,34)(H,32,35)(H,36,37)/t27-/m0/s1. The van der Waals surface area contributed by atoms with E-state index in [9.17, 15) is 24.3 Å². The van der Waals surface area contributed by atoms with Gasteiger partial charge in [0.1, 0.15) is 5.25 Å². The van der Waals surface area contributed by atoms with Crippen LogP contribution in [0.5, 0.6) is 0 Å². The van der Waals surface area contributed by atoms with E-state index in [0.717, 1.165) is 10.5 Å². The normalized spacial score (nSPS) is 11.3. The Morgan fingerprint density at radius 2 is 1.24 bits per heavy atom. The van der Waals surface area contributed by atoms with Crippen molar-refractivity contribution in [1.29, 1.82) is 0 Å². The summed E-state index contributed by atoms with van der Waals surface area (Å²) in [5.74, 6) is -1.98. The van der Waals surface area contributed by atoms with Crippen LogP contribution in [0.25, 0.3) is 0 Å². The molecule has 4 aromatic carbocycles. The van der Waals surface area contributed by atoms with Crippen molar-refractivity contribution in [3.05, 3.63) is 125 Å². The molecule has 3 N–H and O–H groups in total. The highest BCUT2D eigenvalue weighted by atomic mass is 32.2. The number of nitrogens with one attached hydrogen (secondary N) is 2. The van der Waals surface area contributed by atoms with Gasteiger partial charge in [0.05, 0.1) is 11.1 Å². The number of aromatic carboxylic acids is 1. The summed E-state index contributed by atoms with van der Waals surface area (Å²) in [6.07, 6.45) is 0. The Hall–Kier alpha value is -4.69. The first-order valence-corrected chi connectivity index (χ1v) is 12.6. The fourth-order valence-electron chi connectivity index (χ4n) is 3.72. The Bertz CT molecular complexity index is 1470. The summed E-state index contributed by atoms with van der Waals surface area (Å²) in [5, 5.41) is 14.4. The first-order chi connectivity index (χ1) is 18.3. The van der Waals surface area contributed by atoms with Crippen molar-refractivity contribution < 1.29 is 24.3 Å². The van der Waals surface area contributed by atoms with Gasteiger partial charge in [0.2, 0.25) is 5.91 Å². The van der Waals surface area contributed by atoms with Crippen molar-refractivity contribution >= 4 is 46.7 Å². The second-order valence-corrected chi connectivity index (χ2v) is 9.54. The maximum atomic E-state index is 13.3. The van der Waals surface area contributed by atoms with Crippen LogP contribution < -0.4 is 10.6 Å². The van der Waals surface area contributed by atoms with Crippen LogP contribution in [0.4, 0.5) is 11.4 Å². The third-order valence-electron chi connectivity index (χ3n) is 5.67. The minimum atomic E-state index is -1.18. The van der Waals surface area contributed by atoms with Gasteiger partial charge in [-0.15, -0.1) is 11.8 Å². The topological polar surface area (TPSA) is 113 Å². The number of carboxylic acid groups (broad SMARTS) is 1. The zero-order valence-electron chi connectivity index (χ0n) is 20.4. The molecule has 1 atom stereocenters. The fourth-order valence-corrected chi connectivity index (χ4v) is 4.74. The van der Waals surface area contributed by atoms with Crippen molar-refractivity contribution in [2.75, 3.05) is 10.6 Å². The highest BCUT2D eigenvalue weighted by Crippen LogP contribution is 2.36. The molecule has 0 heterocycles. The van der Waals surface area contributed by atoms with Crippen molar-refractivity contribution in [2.45, 2.75) is 17.1 Å². The summed E-state index contributed by atoms with van der Waals surface area (Å²) in [5.41, 5.74) is 2.45. The molecule has 2 amide bonds. The molecule has 0 aromatic heterocycles. The number of hydrogen-bond acceptors (Lipinski definition) is 5. The van der Waals surface area contributed by atoms with Crippen molar-refractivity contribution in [3.8, 4) is 0 Å². The lowest BCUT2D eigenvalue weighted by atomic mass is 10.1. The summed E-state index contributed by atoms with van der Waals surface area (Å²) in [6.45, 7) is 1.49. The van der Waals surface area contributed by atoms with Crippen LogP contribution in [0.3, 0.4) is 0 Å². The average Bonchev–Trinajstić information content (AvgIpc) is 2.93. The SMILES string of the molecule is CC(=O)c1ccc(NC(=O)[C@@H](Sc2ccc(NC(=O)c3ccccc3C(=O)O)cc2)c2ccccc2)cc1. The minimum Gasteiger partial charge on any atom is -0.478 e. The Morgan fingerprint density at radius 1 is 0.684 bits per heavy atom. The number of thioether (sulfide) groups is 1.